The van der Waals surface area contributed by atoms with E-state index in [1.165, 1.54) is 44.5 Å². The normalized spacial score (nSPS) is 14.3. The van der Waals surface area contributed by atoms with Crippen LogP contribution in [-0.2, 0) is 16.2 Å². The van der Waals surface area contributed by atoms with E-state index in [1.807, 2.05) is 6.20 Å². The first-order valence-corrected chi connectivity index (χ1v) is 27.3. The summed E-state index contributed by atoms with van der Waals surface area (Å²) >= 11 is 0. The molecule has 2 aliphatic rings. The van der Waals surface area contributed by atoms with Gasteiger partial charge in [-0.05, 0) is 151 Å². The van der Waals surface area contributed by atoms with Gasteiger partial charge in [-0.25, -0.2) is 0 Å². The molecule has 0 amide bonds. The van der Waals surface area contributed by atoms with Crippen molar-refractivity contribution in [3.8, 4) is 44.5 Å². The first-order chi connectivity index (χ1) is 37.9. The predicted molar refractivity (Wildman–Crippen MR) is 325 cm³/mol. The summed E-state index contributed by atoms with van der Waals surface area (Å²) in [4.78, 5) is 10.4. The summed E-state index contributed by atoms with van der Waals surface area (Å²) in [6.07, 6.45) is 1.98. The zero-order chi connectivity index (χ0) is 52.9. The number of para-hydroxylation sites is 1. The molecule has 1 atom stereocenters. The number of pyridine rings is 1. The molecule has 78 heavy (non-hydrogen) atoms. The van der Waals surface area contributed by atoms with E-state index in [-0.39, 0.29) is 10.8 Å². The molecule has 1 unspecified atom stereocenters. The summed E-state index contributed by atoms with van der Waals surface area (Å²) in [7, 11) is 0. The minimum absolute atomic E-state index is 0.000585. The van der Waals surface area contributed by atoms with Crippen molar-refractivity contribution < 1.29 is 4.42 Å². The number of hydrogen-bond acceptors (Lipinski definition) is 4. The number of fused-ring (bicyclic) bond motifs is 14. The first-order valence-electron chi connectivity index (χ1n) is 27.3. The molecule has 10 aromatic carbocycles. The summed E-state index contributed by atoms with van der Waals surface area (Å²) in [5.41, 5.74) is 23.6. The Labute approximate surface area is 457 Å². The maximum atomic E-state index is 7.38. The van der Waals surface area contributed by atoms with Gasteiger partial charge in [0.1, 0.15) is 11.2 Å². The van der Waals surface area contributed by atoms with Gasteiger partial charge in [-0.15, -0.1) is 0 Å². The van der Waals surface area contributed by atoms with Crippen LogP contribution in [0, 0.1) is 0 Å². The van der Waals surface area contributed by atoms with Crippen molar-refractivity contribution in [1.29, 1.82) is 0 Å². The fourth-order valence-electron chi connectivity index (χ4n) is 12.6. The second-order valence-electron chi connectivity index (χ2n) is 23.1. The van der Waals surface area contributed by atoms with E-state index in [0.29, 0.717) is 0 Å². The van der Waals surface area contributed by atoms with E-state index in [0.717, 1.165) is 89.6 Å². The topological polar surface area (TPSA) is 32.5 Å². The van der Waals surface area contributed by atoms with E-state index in [9.17, 15) is 0 Å². The molecule has 0 aliphatic heterocycles. The van der Waals surface area contributed by atoms with Crippen LogP contribution in [0.4, 0.5) is 34.1 Å². The second kappa shape index (κ2) is 17.9. The maximum absolute atomic E-state index is 7.38. The molecule has 0 saturated heterocycles. The van der Waals surface area contributed by atoms with Crippen LogP contribution >= 0.6 is 0 Å². The Morgan fingerprint density at radius 3 is 1.46 bits per heavy atom. The highest BCUT2D eigenvalue weighted by molar-refractivity contribution is 6.20. The van der Waals surface area contributed by atoms with E-state index < -0.39 is 5.41 Å². The van der Waals surface area contributed by atoms with Gasteiger partial charge in [0, 0.05) is 51.1 Å². The molecule has 2 heterocycles. The van der Waals surface area contributed by atoms with Crippen molar-refractivity contribution in [3.63, 3.8) is 0 Å². The van der Waals surface area contributed by atoms with Crippen LogP contribution in [-0.4, -0.2) is 4.98 Å². The Morgan fingerprint density at radius 1 is 0.385 bits per heavy atom. The minimum Gasteiger partial charge on any atom is -0.455 e. The molecule has 12 aromatic rings. The van der Waals surface area contributed by atoms with Gasteiger partial charge in [0.2, 0.25) is 0 Å². The molecule has 4 heteroatoms. The molecule has 0 radical (unpaired) electrons. The van der Waals surface area contributed by atoms with Gasteiger partial charge in [-0.3, -0.25) is 4.98 Å². The van der Waals surface area contributed by atoms with Crippen LogP contribution in [0.1, 0.15) is 75.1 Å². The summed E-state index contributed by atoms with van der Waals surface area (Å²) in [6, 6.07) is 89.1. The SMILES string of the molecule is CC(C)(C)c1ccc(N(c2ccc(-c3ccccc3)cc2)c2ccc3c(c2)C2(c4ccccc4-c4cccnc42)c2cc(N(c4ccc(-c5ccccc5)cc4)c4ccc(C(C)(C)C)cc4)c4c(oc5ccccc54)c2-3)cc1. The van der Waals surface area contributed by atoms with Gasteiger partial charge < -0.3 is 14.2 Å². The van der Waals surface area contributed by atoms with Crippen LogP contribution in [0.2, 0.25) is 0 Å². The summed E-state index contributed by atoms with van der Waals surface area (Å²) in [5.74, 6) is 0. The van der Waals surface area contributed by atoms with Gasteiger partial charge >= 0.3 is 0 Å². The quantitative estimate of drug-likeness (QED) is 0.152. The number of benzene rings is 10. The number of nitrogens with zero attached hydrogens (tertiary/aromatic N) is 3. The van der Waals surface area contributed by atoms with Crippen molar-refractivity contribution >= 4 is 56.1 Å². The lowest BCUT2D eigenvalue weighted by molar-refractivity contribution is 0.590. The van der Waals surface area contributed by atoms with Crippen LogP contribution < -0.4 is 9.80 Å². The van der Waals surface area contributed by atoms with E-state index in [1.54, 1.807) is 0 Å². The standard InChI is InChI=1S/C74H59N3O/c1-72(2,3)52-31-39-55(40-32-52)76(54-35-27-50(28-36-54)48-18-9-7-10-19-48)58-43-44-61-64(46-58)74(63-25-15-13-22-59(63)60-24-17-45-75-71(60)74)65-47-66(69-62-23-14-16-26-67(62)78-70(69)68(61)65)77(57-41-33-53(34-42-57)73(4,5)6)56-37-29-51(30-38-56)49-20-11-8-12-21-49/h7-47H,1-6H3. The van der Waals surface area contributed by atoms with Gasteiger partial charge in [0.05, 0.1) is 22.2 Å². The lowest BCUT2D eigenvalue weighted by atomic mass is 9.72. The highest BCUT2D eigenvalue weighted by atomic mass is 16.3. The number of aromatic nitrogens is 1. The zero-order valence-corrected chi connectivity index (χ0v) is 44.9. The Hall–Kier alpha value is -9.25. The molecule has 2 aromatic heterocycles. The fraction of sp³-hybridized carbons (Fsp3) is 0.122. The summed E-state index contributed by atoms with van der Waals surface area (Å²) < 4.78 is 7.38. The van der Waals surface area contributed by atoms with Crippen LogP contribution in [0.15, 0.2) is 253 Å². The van der Waals surface area contributed by atoms with Crippen LogP contribution in [0.5, 0.6) is 0 Å². The third-order valence-corrected chi connectivity index (χ3v) is 16.4. The predicted octanol–water partition coefficient (Wildman–Crippen LogP) is 20.2. The Morgan fingerprint density at radius 2 is 0.872 bits per heavy atom. The lowest BCUT2D eigenvalue weighted by Gasteiger charge is -2.33. The van der Waals surface area contributed by atoms with E-state index >= 15 is 0 Å². The van der Waals surface area contributed by atoms with Gasteiger partial charge in [0.25, 0.3) is 0 Å². The monoisotopic (exact) mass is 1010 g/mol. The van der Waals surface area contributed by atoms with Gasteiger partial charge in [0.15, 0.2) is 0 Å². The molecule has 14 rings (SSSR count). The third kappa shape index (κ3) is 7.45. The van der Waals surface area contributed by atoms with Crippen molar-refractivity contribution in [1.82, 2.24) is 4.98 Å². The number of anilines is 6. The summed E-state index contributed by atoms with van der Waals surface area (Å²) in [5, 5.41) is 2.13. The smallest absolute Gasteiger partial charge is 0.145 e. The maximum Gasteiger partial charge on any atom is 0.145 e. The number of rotatable bonds is 8. The summed E-state index contributed by atoms with van der Waals surface area (Å²) in [6.45, 7) is 13.7. The third-order valence-electron chi connectivity index (χ3n) is 16.4. The van der Waals surface area contributed by atoms with Crippen molar-refractivity contribution in [2.75, 3.05) is 9.80 Å². The number of hydrogen-bond donors (Lipinski definition) is 0. The van der Waals surface area contributed by atoms with Gasteiger partial charge in [-0.1, -0.05) is 205 Å². The molecule has 0 saturated carbocycles. The zero-order valence-electron chi connectivity index (χ0n) is 44.9. The van der Waals surface area contributed by atoms with Gasteiger partial charge in [-0.2, -0.15) is 0 Å². The molecule has 2 aliphatic carbocycles. The highest BCUT2D eigenvalue weighted by Gasteiger charge is 2.54. The Kier molecular flexibility index (Phi) is 10.9. The highest BCUT2D eigenvalue weighted by Crippen LogP contribution is 2.65. The molecule has 1 spiro atoms. The molecular weight excluding hydrogens is 947 g/mol. The molecule has 0 fully saturated rings. The number of furan rings is 1. The average Bonchev–Trinajstić information content (AvgIpc) is 4.26. The fourth-order valence-corrected chi connectivity index (χ4v) is 12.6. The van der Waals surface area contributed by atoms with Crippen LogP contribution in [0.3, 0.4) is 0 Å². The first kappa shape index (κ1) is 47.2. The molecule has 4 nitrogen and oxygen atoms in total. The average molecular weight is 1010 g/mol. The largest absolute Gasteiger partial charge is 0.455 e. The second-order valence-corrected chi connectivity index (χ2v) is 23.1. The molecular formula is C74H59N3O. The molecule has 0 N–H and O–H groups in total. The van der Waals surface area contributed by atoms with E-state index in [2.05, 4.69) is 294 Å². The Balaban J connectivity index is 1.06. The van der Waals surface area contributed by atoms with Crippen molar-refractivity contribution in [2.45, 2.75) is 57.8 Å². The van der Waals surface area contributed by atoms with E-state index in [4.69, 9.17) is 9.40 Å². The molecule has 0 bridgehead atoms. The Bertz CT molecular complexity index is 4190. The van der Waals surface area contributed by atoms with Crippen molar-refractivity contribution in [3.05, 3.63) is 282 Å². The lowest BCUT2D eigenvalue weighted by Crippen LogP contribution is -2.27. The molecule has 376 valence electrons. The minimum atomic E-state index is -0.826. The van der Waals surface area contributed by atoms with Crippen LogP contribution in [0.25, 0.3) is 66.4 Å². The van der Waals surface area contributed by atoms with Crippen molar-refractivity contribution in [2.24, 2.45) is 0 Å².